The van der Waals surface area contributed by atoms with Crippen LogP contribution in [-0.4, -0.2) is 80.7 Å². The summed E-state index contributed by atoms with van der Waals surface area (Å²) in [6.45, 7) is 8.14. The van der Waals surface area contributed by atoms with Gasteiger partial charge in [0, 0.05) is 48.2 Å². The van der Waals surface area contributed by atoms with Gasteiger partial charge in [0.15, 0.2) is 11.5 Å². The molecule has 2 aromatic carbocycles. The molecule has 0 aromatic heterocycles. The Labute approximate surface area is 262 Å². The maximum absolute atomic E-state index is 13.3. The number of hydrogen-bond donors (Lipinski definition) is 4. The maximum Gasteiger partial charge on any atom is 0.336 e. The van der Waals surface area contributed by atoms with Crippen LogP contribution in [-0.2, 0) is 19.1 Å². The van der Waals surface area contributed by atoms with Crippen LogP contribution in [0.1, 0.15) is 39.2 Å². The third-order valence-electron chi connectivity index (χ3n) is 7.42. The Morgan fingerprint density at radius 2 is 1.69 bits per heavy atom. The van der Waals surface area contributed by atoms with Crippen molar-refractivity contribution in [1.82, 2.24) is 16.0 Å². The summed E-state index contributed by atoms with van der Waals surface area (Å²) in [5.74, 6) is -1.27. The number of nitrogens with zero attached hydrogens (tertiary/aromatic N) is 1. The fourth-order valence-corrected chi connectivity index (χ4v) is 5.01. The molecule has 45 heavy (non-hydrogen) atoms. The molecule has 13 nitrogen and oxygen atoms in total. The van der Waals surface area contributed by atoms with Gasteiger partial charge < -0.3 is 40.0 Å². The number of carbonyl (C=O) groups is 2. The molecular weight excluding hydrogens is 584 g/mol. The Kier molecular flexibility index (Phi) is 12.1. The van der Waals surface area contributed by atoms with Crippen LogP contribution in [0, 0.1) is 10.1 Å². The molecule has 3 rings (SSSR count). The largest absolute Gasteiger partial charge is 0.493 e. The fraction of sp³-hybridized carbons (Fsp3) is 0.438. The second-order valence-electron chi connectivity index (χ2n) is 11.2. The number of dihydropyridines is 1. The highest BCUT2D eigenvalue weighted by atomic mass is 16.6. The van der Waals surface area contributed by atoms with Crippen molar-refractivity contribution in [2.75, 3.05) is 41.0 Å². The SMILES string of the molecule is COC(=O)C1=C(C)NC(C(C)NCC(C)(C)NCC(O)COc2ccccc2OC)=C(C(=O)OC)C1c1cccc([N+](=O)[O-])c1. The lowest BCUT2D eigenvalue weighted by atomic mass is 9.79. The summed E-state index contributed by atoms with van der Waals surface area (Å²) in [6, 6.07) is 12.5. The molecule has 3 atom stereocenters. The maximum atomic E-state index is 13.3. The summed E-state index contributed by atoms with van der Waals surface area (Å²) in [5.41, 5.74) is 0.811. The zero-order valence-corrected chi connectivity index (χ0v) is 26.6. The lowest BCUT2D eigenvalue weighted by Crippen LogP contribution is -2.53. The van der Waals surface area contributed by atoms with Gasteiger partial charge in [-0.15, -0.1) is 0 Å². The number of nitro benzene ring substituents is 1. The number of rotatable bonds is 15. The topological polar surface area (TPSA) is 171 Å². The number of nitro groups is 1. The van der Waals surface area contributed by atoms with Crippen LogP contribution in [0.4, 0.5) is 5.69 Å². The van der Waals surface area contributed by atoms with E-state index in [4.69, 9.17) is 18.9 Å². The fourth-order valence-electron chi connectivity index (χ4n) is 5.01. The predicted octanol–water partition coefficient (Wildman–Crippen LogP) is 2.95. The number of allylic oxidation sites excluding steroid dienone is 1. The number of methoxy groups -OCH3 is 3. The van der Waals surface area contributed by atoms with E-state index in [1.54, 1.807) is 32.2 Å². The number of para-hydroxylation sites is 2. The average molecular weight is 627 g/mol. The van der Waals surface area contributed by atoms with Gasteiger partial charge in [0.05, 0.1) is 43.3 Å². The van der Waals surface area contributed by atoms with Gasteiger partial charge in [-0.05, 0) is 45.4 Å². The van der Waals surface area contributed by atoms with Crippen molar-refractivity contribution in [2.45, 2.75) is 51.3 Å². The van der Waals surface area contributed by atoms with Crippen LogP contribution in [0.3, 0.4) is 0 Å². The lowest BCUT2D eigenvalue weighted by Gasteiger charge is -2.35. The minimum Gasteiger partial charge on any atom is -0.493 e. The first-order chi connectivity index (χ1) is 21.3. The predicted molar refractivity (Wildman–Crippen MR) is 167 cm³/mol. The van der Waals surface area contributed by atoms with E-state index in [0.717, 1.165) is 0 Å². The van der Waals surface area contributed by atoms with E-state index in [-0.39, 0.29) is 30.0 Å². The number of carbonyl (C=O) groups excluding carboxylic acids is 2. The number of β-amino-alcohol motifs (C(OH)–C–C–N with tert-alkyl or cyclic N) is 1. The number of nitrogens with one attached hydrogen (secondary N) is 3. The van der Waals surface area contributed by atoms with Gasteiger partial charge in [0.2, 0.25) is 0 Å². The number of benzene rings is 2. The molecule has 2 aromatic rings. The highest BCUT2D eigenvalue weighted by molar-refractivity contribution is 6.00. The van der Waals surface area contributed by atoms with Gasteiger partial charge in [0.1, 0.15) is 12.7 Å². The summed E-state index contributed by atoms with van der Waals surface area (Å²) in [4.78, 5) is 37.3. The molecule has 4 N–H and O–H groups in total. The van der Waals surface area contributed by atoms with Crippen molar-refractivity contribution in [3.05, 3.63) is 86.7 Å². The van der Waals surface area contributed by atoms with Crippen LogP contribution in [0.25, 0.3) is 0 Å². The zero-order valence-electron chi connectivity index (χ0n) is 26.6. The second kappa shape index (κ2) is 15.5. The molecule has 0 saturated heterocycles. The monoisotopic (exact) mass is 626 g/mol. The van der Waals surface area contributed by atoms with E-state index < -0.39 is 40.5 Å². The third-order valence-corrected chi connectivity index (χ3v) is 7.42. The van der Waals surface area contributed by atoms with Gasteiger partial charge in [-0.1, -0.05) is 24.3 Å². The molecule has 1 heterocycles. The molecule has 1 aliphatic rings. The van der Waals surface area contributed by atoms with Gasteiger partial charge in [-0.3, -0.25) is 10.1 Å². The first-order valence-corrected chi connectivity index (χ1v) is 14.4. The number of esters is 2. The smallest absolute Gasteiger partial charge is 0.336 e. The Balaban J connectivity index is 1.80. The van der Waals surface area contributed by atoms with Crippen LogP contribution >= 0.6 is 0 Å². The highest BCUT2D eigenvalue weighted by Crippen LogP contribution is 2.40. The molecule has 0 fully saturated rings. The Hall–Kier alpha value is -4.46. The molecule has 3 unspecified atom stereocenters. The number of aliphatic hydroxyl groups is 1. The van der Waals surface area contributed by atoms with E-state index in [2.05, 4.69) is 16.0 Å². The van der Waals surface area contributed by atoms with Crippen molar-refractivity contribution in [3.63, 3.8) is 0 Å². The Morgan fingerprint density at radius 1 is 1.04 bits per heavy atom. The Bertz CT molecular complexity index is 1450. The molecular formula is C32H42N4O9. The van der Waals surface area contributed by atoms with Crippen LogP contribution in [0.2, 0.25) is 0 Å². The third kappa shape index (κ3) is 8.81. The normalized spacial score (nSPS) is 16.4. The minimum atomic E-state index is -0.991. The van der Waals surface area contributed by atoms with E-state index in [9.17, 15) is 24.8 Å². The number of ether oxygens (including phenoxy) is 4. The van der Waals surface area contributed by atoms with Gasteiger partial charge in [0.25, 0.3) is 5.69 Å². The lowest BCUT2D eigenvalue weighted by molar-refractivity contribution is -0.384. The molecule has 0 aliphatic carbocycles. The van der Waals surface area contributed by atoms with Crippen molar-refractivity contribution in [2.24, 2.45) is 0 Å². The first kappa shape index (κ1) is 35.0. The van der Waals surface area contributed by atoms with E-state index in [1.807, 2.05) is 32.9 Å². The van der Waals surface area contributed by atoms with Crippen molar-refractivity contribution in [3.8, 4) is 11.5 Å². The Morgan fingerprint density at radius 3 is 2.31 bits per heavy atom. The molecule has 0 radical (unpaired) electrons. The molecule has 0 bridgehead atoms. The zero-order chi connectivity index (χ0) is 33.3. The summed E-state index contributed by atoms with van der Waals surface area (Å²) in [7, 11) is 4.01. The minimum absolute atomic E-state index is 0.0553. The summed E-state index contributed by atoms with van der Waals surface area (Å²) >= 11 is 0. The summed E-state index contributed by atoms with van der Waals surface area (Å²) in [6.07, 6.45) is -0.805. The molecule has 0 spiro atoms. The molecule has 1 aliphatic heterocycles. The number of hydrogen-bond acceptors (Lipinski definition) is 12. The quantitative estimate of drug-likeness (QED) is 0.130. The number of non-ortho nitro benzene ring substituents is 1. The van der Waals surface area contributed by atoms with Crippen LogP contribution in [0.15, 0.2) is 71.1 Å². The van der Waals surface area contributed by atoms with E-state index in [0.29, 0.717) is 35.0 Å². The highest BCUT2D eigenvalue weighted by Gasteiger charge is 2.40. The molecule has 244 valence electrons. The molecule has 0 saturated carbocycles. The standard InChI is InChI=1S/C32H42N4O9/c1-19-26(30(38)43-6)27(21-11-10-12-22(15-21)36(40)41)28(31(39)44-7)29(35-19)20(2)33-18-32(3,4)34-16-23(37)17-45-25-14-9-8-13-24(25)42-5/h8-15,20,23,27,33-35,37H,16-18H2,1-7H3. The second-order valence-corrected chi connectivity index (χ2v) is 11.2. The van der Waals surface area contributed by atoms with Crippen molar-refractivity contribution < 1.29 is 38.6 Å². The molecule has 0 amide bonds. The van der Waals surface area contributed by atoms with Crippen molar-refractivity contribution in [1.29, 1.82) is 0 Å². The first-order valence-electron chi connectivity index (χ1n) is 14.4. The molecule has 13 heteroatoms. The van der Waals surface area contributed by atoms with Gasteiger partial charge in [-0.25, -0.2) is 9.59 Å². The van der Waals surface area contributed by atoms with Gasteiger partial charge in [-0.2, -0.15) is 0 Å². The van der Waals surface area contributed by atoms with E-state index in [1.165, 1.54) is 32.4 Å². The number of aliphatic hydroxyl groups excluding tert-OH is 1. The van der Waals surface area contributed by atoms with Gasteiger partial charge >= 0.3 is 11.9 Å². The average Bonchev–Trinajstić information content (AvgIpc) is 3.04. The summed E-state index contributed by atoms with van der Waals surface area (Å²) < 4.78 is 21.2. The van der Waals surface area contributed by atoms with Crippen molar-refractivity contribution >= 4 is 17.6 Å². The van der Waals surface area contributed by atoms with Crippen LogP contribution in [0.5, 0.6) is 11.5 Å². The van der Waals surface area contributed by atoms with Crippen LogP contribution < -0.4 is 25.4 Å². The van der Waals surface area contributed by atoms with E-state index >= 15 is 0 Å². The summed E-state index contributed by atoms with van der Waals surface area (Å²) in [5, 5.41) is 32.0.